The van der Waals surface area contributed by atoms with Crippen LogP contribution in [0.5, 0.6) is 0 Å². The van der Waals surface area contributed by atoms with Crippen LogP contribution in [0.2, 0.25) is 0 Å². The van der Waals surface area contributed by atoms with Crippen LogP contribution in [0.1, 0.15) is 55.5 Å². The van der Waals surface area contributed by atoms with Gasteiger partial charge in [-0.25, -0.2) is 4.79 Å². The van der Waals surface area contributed by atoms with E-state index < -0.39 is 6.04 Å². The summed E-state index contributed by atoms with van der Waals surface area (Å²) in [6.07, 6.45) is 5.36. The van der Waals surface area contributed by atoms with E-state index in [4.69, 9.17) is 0 Å². The van der Waals surface area contributed by atoms with Gasteiger partial charge in [0, 0.05) is 18.8 Å². The monoisotopic (exact) mass is 342 g/mol. The summed E-state index contributed by atoms with van der Waals surface area (Å²) in [5.74, 6) is 0. The summed E-state index contributed by atoms with van der Waals surface area (Å²) in [4.78, 5) is 12.5. The summed E-state index contributed by atoms with van der Waals surface area (Å²) < 4.78 is 1.65. The second-order valence-corrected chi connectivity index (χ2v) is 7.36. The van der Waals surface area contributed by atoms with Crippen LogP contribution < -0.4 is 10.6 Å². The molecule has 6 nitrogen and oxygen atoms in total. The van der Waals surface area contributed by atoms with E-state index in [0.29, 0.717) is 0 Å². The van der Waals surface area contributed by atoms with Gasteiger partial charge < -0.3 is 15.7 Å². The summed E-state index contributed by atoms with van der Waals surface area (Å²) in [5.41, 5.74) is 3.37. The lowest BCUT2D eigenvalue weighted by atomic mass is 9.71. The standard InChI is InChI=1S/C19H26N4O2/c1-19(2)9-8-16(14-6-4-5-7-15(14)19)21-18(25)22-17(12-24)13-10-20-23(3)11-13/h4-7,10-11,16-17,24H,8-9,12H2,1-3H3,(H2,21,22,25). The number of benzene rings is 1. The minimum absolute atomic E-state index is 0.0162. The fraction of sp³-hybridized carbons (Fsp3) is 0.474. The molecule has 6 heteroatoms. The van der Waals surface area contributed by atoms with Gasteiger partial charge in [-0.15, -0.1) is 0 Å². The van der Waals surface area contributed by atoms with Crippen molar-refractivity contribution in [1.82, 2.24) is 20.4 Å². The Morgan fingerprint density at radius 3 is 2.88 bits per heavy atom. The van der Waals surface area contributed by atoms with Crippen molar-refractivity contribution in [2.24, 2.45) is 7.05 Å². The van der Waals surface area contributed by atoms with Gasteiger partial charge in [-0.3, -0.25) is 4.68 Å². The number of carbonyl (C=O) groups excluding carboxylic acids is 1. The number of carbonyl (C=O) groups is 1. The number of aromatic nitrogens is 2. The molecule has 2 aromatic rings. The van der Waals surface area contributed by atoms with Crippen molar-refractivity contribution in [1.29, 1.82) is 0 Å². The zero-order valence-electron chi connectivity index (χ0n) is 15.0. The number of aliphatic hydroxyl groups is 1. The molecule has 0 bridgehead atoms. The fourth-order valence-electron chi connectivity index (χ4n) is 3.58. The van der Waals surface area contributed by atoms with Crippen molar-refractivity contribution in [2.45, 2.75) is 44.2 Å². The quantitative estimate of drug-likeness (QED) is 0.799. The van der Waals surface area contributed by atoms with E-state index in [1.807, 2.05) is 12.1 Å². The lowest BCUT2D eigenvalue weighted by molar-refractivity contribution is 0.211. The van der Waals surface area contributed by atoms with E-state index in [2.05, 4.69) is 41.7 Å². The van der Waals surface area contributed by atoms with Crippen LogP contribution in [-0.4, -0.2) is 27.5 Å². The smallest absolute Gasteiger partial charge is 0.315 e. The number of urea groups is 1. The van der Waals surface area contributed by atoms with Gasteiger partial charge in [0.15, 0.2) is 0 Å². The minimum Gasteiger partial charge on any atom is -0.394 e. The van der Waals surface area contributed by atoms with E-state index in [1.54, 1.807) is 24.1 Å². The number of hydrogen-bond acceptors (Lipinski definition) is 3. The van der Waals surface area contributed by atoms with Crippen LogP contribution in [0.15, 0.2) is 36.7 Å². The number of nitrogens with zero attached hydrogens (tertiary/aromatic N) is 2. The summed E-state index contributed by atoms with van der Waals surface area (Å²) in [6.45, 7) is 4.31. The lowest BCUT2D eigenvalue weighted by Crippen LogP contribution is -2.43. The van der Waals surface area contributed by atoms with Crippen LogP contribution in [0.4, 0.5) is 4.79 Å². The maximum atomic E-state index is 12.5. The first-order valence-electron chi connectivity index (χ1n) is 8.66. The number of aliphatic hydroxyl groups excluding tert-OH is 1. The fourth-order valence-corrected chi connectivity index (χ4v) is 3.58. The zero-order chi connectivity index (χ0) is 18.0. The van der Waals surface area contributed by atoms with E-state index in [-0.39, 0.29) is 24.1 Å². The Bertz CT molecular complexity index is 753. The highest BCUT2D eigenvalue weighted by Crippen LogP contribution is 2.41. The molecule has 1 aromatic carbocycles. The zero-order valence-corrected chi connectivity index (χ0v) is 15.0. The second kappa shape index (κ2) is 6.88. The molecule has 0 fully saturated rings. The van der Waals surface area contributed by atoms with Crippen molar-refractivity contribution in [3.8, 4) is 0 Å². The van der Waals surface area contributed by atoms with Gasteiger partial charge >= 0.3 is 6.03 Å². The molecule has 134 valence electrons. The highest BCUT2D eigenvalue weighted by molar-refractivity contribution is 5.75. The van der Waals surface area contributed by atoms with Crippen LogP contribution in [0.25, 0.3) is 0 Å². The Morgan fingerprint density at radius 2 is 2.20 bits per heavy atom. The first kappa shape index (κ1) is 17.5. The summed E-state index contributed by atoms with van der Waals surface area (Å²) in [5, 5.41) is 19.6. The molecule has 0 radical (unpaired) electrons. The number of aryl methyl sites for hydroxylation is 1. The molecule has 0 spiro atoms. The number of fused-ring (bicyclic) bond motifs is 1. The van der Waals surface area contributed by atoms with Crippen molar-refractivity contribution >= 4 is 6.03 Å². The van der Waals surface area contributed by atoms with E-state index >= 15 is 0 Å². The third-order valence-corrected chi connectivity index (χ3v) is 5.04. The molecule has 1 aliphatic carbocycles. The van der Waals surface area contributed by atoms with Crippen molar-refractivity contribution < 1.29 is 9.90 Å². The van der Waals surface area contributed by atoms with Gasteiger partial charge in [0.05, 0.1) is 24.9 Å². The Hall–Kier alpha value is -2.34. The average molecular weight is 342 g/mol. The third kappa shape index (κ3) is 3.69. The maximum absolute atomic E-state index is 12.5. The van der Waals surface area contributed by atoms with E-state index in [1.165, 1.54) is 11.1 Å². The summed E-state index contributed by atoms with van der Waals surface area (Å²) in [7, 11) is 1.80. The van der Waals surface area contributed by atoms with Crippen LogP contribution in [0.3, 0.4) is 0 Å². The van der Waals surface area contributed by atoms with Crippen LogP contribution in [0, 0.1) is 0 Å². The second-order valence-electron chi connectivity index (χ2n) is 7.36. The predicted molar refractivity (Wildman–Crippen MR) is 96.1 cm³/mol. The predicted octanol–water partition coefficient (Wildman–Crippen LogP) is 2.57. The Balaban J connectivity index is 1.71. The Labute approximate surface area is 148 Å². The molecule has 1 aliphatic rings. The Morgan fingerprint density at radius 1 is 1.44 bits per heavy atom. The average Bonchev–Trinajstić information content (AvgIpc) is 3.02. The number of hydrogen-bond donors (Lipinski definition) is 3. The molecule has 3 N–H and O–H groups in total. The SMILES string of the molecule is Cn1cc(C(CO)NC(=O)NC2CCC(C)(C)c3ccccc32)cn1. The molecule has 1 aromatic heterocycles. The summed E-state index contributed by atoms with van der Waals surface area (Å²) >= 11 is 0. The minimum atomic E-state index is -0.469. The molecule has 0 saturated heterocycles. The third-order valence-electron chi connectivity index (χ3n) is 5.04. The van der Waals surface area contributed by atoms with Gasteiger partial charge in [0.1, 0.15) is 0 Å². The van der Waals surface area contributed by atoms with E-state index in [0.717, 1.165) is 18.4 Å². The van der Waals surface area contributed by atoms with Gasteiger partial charge in [-0.1, -0.05) is 38.1 Å². The first-order chi connectivity index (χ1) is 11.9. The first-order valence-corrected chi connectivity index (χ1v) is 8.66. The van der Waals surface area contributed by atoms with Gasteiger partial charge in [0.25, 0.3) is 0 Å². The van der Waals surface area contributed by atoms with Crippen molar-refractivity contribution in [2.75, 3.05) is 6.61 Å². The lowest BCUT2D eigenvalue weighted by Gasteiger charge is -2.37. The van der Waals surface area contributed by atoms with Crippen LogP contribution >= 0.6 is 0 Å². The largest absolute Gasteiger partial charge is 0.394 e. The maximum Gasteiger partial charge on any atom is 0.315 e. The van der Waals surface area contributed by atoms with Crippen molar-refractivity contribution in [3.63, 3.8) is 0 Å². The Kier molecular flexibility index (Phi) is 4.81. The molecule has 2 amide bonds. The van der Waals surface area contributed by atoms with Gasteiger partial charge in [-0.05, 0) is 29.4 Å². The highest BCUT2D eigenvalue weighted by atomic mass is 16.3. The van der Waals surface area contributed by atoms with Gasteiger partial charge in [0.2, 0.25) is 0 Å². The number of amides is 2. The van der Waals surface area contributed by atoms with Crippen molar-refractivity contribution in [3.05, 3.63) is 53.3 Å². The molecule has 0 aliphatic heterocycles. The number of rotatable bonds is 4. The molecular formula is C19H26N4O2. The topological polar surface area (TPSA) is 79.2 Å². The molecule has 2 unspecified atom stereocenters. The molecule has 3 rings (SSSR count). The summed E-state index contributed by atoms with van der Waals surface area (Å²) in [6, 6.07) is 7.54. The van der Waals surface area contributed by atoms with Crippen LogP contribution in [-0.2, 0) is 12.5 Å². The van der Waals surface area contributed by atoms with E-state index in [9.17, 15) is 9.90 Å². The van der Waals surface area contributed by atoms with Gasteiger partial charge in [-0.2, -0.15) is 5.10 Å². The molecule has 25 heavy (non-hydrogen) atoms. The molecular weight excluding hydrogens is 316 g/mol. The number of nitrogens with one attached hydrogen (secondary N) is 2. The molecule has 1 heterocycles. The molecule has 2 atom stereocenters. The molecule has 0 saturated carbocycles. The normalized spacial score (nSPS) is 19.8. The highest BCUT2D eigenvalue weighted by Gasteiger charge is 2.33.